The Morgan fingerprint density at radius 1 is 1.37 bits per heavy atom. The highest BCUT2D eigenvalue weighted by Gasteiger charge is 2.11. The van der Waals surface area contributed by atoms with E-state index in [1.165, 1.54) is 23.5 Å². The summed E-state index contributed by atoms with van der Waals surface area (Å²) in [7, 11) is -3.88. The van der Waals surface area contributed by atoms with Crippen LogP contribution >= 0.6 is 27.3 Å². The molecule has 0 aliphatic rings. The number of primary sulfonamides is 1. The molecule has 0 saturated heterocycles. The maximum atomic E-state index is 13.7. The second-order valence-electron chi connectivity index (χ2n) is 3.77. The third kappa shape index (κ3) is 3.75. The van der Waals surface area contributed by atoms with E-state index >= 15 is 0 Å². The Hall–Kier alpha value is -0.960. The Balaban J connectivity index is 2.14. The molecule has 2 rings (SSSR count). The predicted octanol–water partition coefficient (Wildman–Crippen LogP) is 2.91. The highest BCUT2D eigenvalue weighted by Crippen LogP contribution is 2.22. The lowest BCUT2D eigenvalue weighted by Crippen LogP contribution is -2.12. The van der Waals surface area contributed by atoms with Gasteiger partial charge in [0.25, 0.3) is 0 Å². The monoisotopic (exact) mass is 364 g/mol. The van der Waals surface area contributed by atoms with Gasteiger partial charge < -0.3 is 5.32 Å². The fraction of sp³-hybridized carbons (Fsp3) is 0.0909. The van der Waals surface area contributed by atoms with Crippen LogP contribution in [0.15, 0.2) is 39.0 Å². The van der Waals surface area contributed by atoms with E-state index in [1.807, 2.05) is 11.4 Å². The van der Waals surface area contributed by atoms with Gasteiger partial charge in [-0.15, -0.1) is 11.3 Å². The summed E-state index contributed by atoms with van der Waals surface area (Å²) in [6.45, 7) is 0.460. The van der Waals surface area contributed by atoms with Crippen LogP contribution in [0.5, 0.6) is 0 Å². The lowest BCUT2D eigenvalue weighted by Gasteiger charge is -2.07. The first kappa shape index (κ1) is 14.4. The smallest absolute Gasteiger partial charge is 0.238 e. The van der Waals surface area contributed by atoms with Gasteiger partial charge in [-0.3, -0.25) is 0 Å². The number of benzene rings is 1. The standard InChI is InChI=1S/C11H10BrFN2O2S2/c12-7-3-8(18-6-7)5-15-11-2-1-9(4-10(11)13)19(14,16)17/h1-4,6,15H,5H2,(H2,14,16,17). The topological polar surface area (TPSA) is 72.2 Å². The third-order valence-corrected chi connectivity index (χ3v) is 4.95. The Morgan fingerprint density at radius 3 is 2.63 bits per heavy atom. The molecule has 0 spiro atoms. The van der Waals surface area contributed by atoms with Crippen LogP contribution < -0.4 is 10.5 Å². The van der Waals surface area contributed by atoms with Crippen LogP contribution in [-0.4, -0.2) is 8.42 Å². The van der Waals surface area contributed by atoms with Gasteiger partial charge in [0.1, 0.15) is 5.82 Å². The summed E-state index contributed by atoms with van der Waals surface area (Å²) in [5, 5.41) is 9.75. The third-order valence-electron chi connectivity index (χ3n) is 2.34. The van der Waals surface area contributed by atoms with Crippen molar-refractivity contribution in [1.82, 2.24) is 0 Å². The Labute approximate surface area is 122 Å². The van der Waals surface area contributed by atoms with Crippen molar-refractivity contribution in [2.75, 3.05) is 5.32 Å². The van der Waals surface area contributed by atoms with E-state index in [-0.39, 0.29) is 10.6 Å². The van der Waals surface area contributed by atoms with Gasteiger partial charge in [0, 0.05) is 21.3 Å². The van der Waals surface area contributed by atoms with E-state index < -0.39 is 15.8 Å². The molecule has 1 aromatic heterocycles. The average Bonchev–Trinajstić information content (AvgIpc) is 2.72. The van der Waals surface area contributed by atoms with E-state index in [4.69, 9.17) is 5.14 Å². The van der Waals surface area contributed by atoms with Crippen LogP contribution in [0.4, 0.5) is 10.1 Å². The number of hydrogen-bond donors (Lipinski definition) is 2. The zero-order valence-corrected chi connectivity index (χ0v) is 12.8. The van der Waals surface area contributed by atoms with E-state index in [9.17, 15) is 12.8 Å². The van der Waals surface area contributed by atoms with Crippen LogP contribution in [0.2, 0.25) is 0 Å². The summed E-state index contributed by atoms with van der Waals surface area (Å²) in [5.41, 5.74) is 0.233. The number of sulfonamides is 1. The molecule has 0 fully saturated rings. The van der Waals surface area contributed by atoms with Gasteiger partial charge in [-0.2, -0.15) is 0 Å². The number of nitrogens with one attached hydrogen (secondary N) is 1. The molecule has 1 heterocycles. The van der Waals surface area contributed by atoms with E-state index in [0.29, 0.717) is 6.54 Å². The molecule has 2 aromatic rings. The maximum Gasteiger partial charge on any atom is 0.238 e. The quantitative estimate of drug-likeness (QED) is 0.875. The first-order valence-corrected chi connectivity index (χ1v) is 8.37. The van der Waals surface area contributed by atoms with Gasteiger partial charge in [-0.1, -0.05) is 0 Å². The van der Waals surface area contributed by atoms with Crippen molar-refractivity contribution in [2.24, 2.45) is 5.14 Å². The summed E-state index contributed by atoms with van der Waals surface area (Å²) < 4.78 is 36.8. The average molecular weight is 365 g/mol. The minimum atomic E-state index is -3.88. The zero-order chi connectivity index (χ0) is 14.0. The molecule has 0 amide bonds. The molecule has 8 heteroatoms. The van der Waals surface area contributed by atoms with Crippen LogP contribution in [0.1, 0.15) is 4.88 Å². The summed E-state index contributed by atoms with van der Waals surface area (Å²) in [6, 6.07) is 5.46. The van der Waals surface area contributed by atoms with Crippen molar-refractivity contribution in [3.8, 4) is 0 Å². The molecular formula is C11H10BrFN2O2S2. The van der Waals surface area contributed by atoms with E-state index in [0.717, 1.165) is 15.4 Å². The molecule has 0 aliphatic carbocycles. The summed E-state index contributed by atoms with van der Waals surface area (Å²) in [6.07, 6.45) is 0. The second kappa shape index (κ2) is 5.58. The summed E-state index contributed by atoms with van der Waals surface area (Å²) in [4.78, 5) is 0.788. The molecule has 102 valence electrons. The van der Waals surface area contributed by atoms with Crippen molar-refractivity contribution < 1.29 is 12.8 Å². The second-order valence-corrected chi connectivity index (χ2v) is 7.24. The Kier molecular flexibility index (Phi) is 4.24. The maximum absolute atomic E-state index is 13.7. The molecular weight excluding hydrogens is 355 g/mol. The Morgan fingerprint density at radius 2 is 2.11 bits per heavy atom. The highest BCUT2D eigenvalue weighted by molar-refractivity contribution is 9.10. The van der Waals surface area contributed by atoms with Gasteiger partial charge in [0.15, 0.2) is 0 Å². The first-order valence-electron chi connectivity index (χ1n) is 5.15. The lowest BCUT2D eigenvalue weighted by molar-refractivity contribution is 0.593. The van der Waals surface area contributed by atoms with Gasteiger partial charge in [-0.25, -0.2) is 17.9 Å². The van der Waals surface area contributed by atoms with Crippen molar-refractivity contribution in [3.05, 3.63) is 44.8 Å². The zero-order valence-electron chi connectivity index (χ0n) is 9.56. The minimum Gasteiger partial charge on any atom is -0.378 e. The number of thiophene rings is 1. The Bertz CT molecular complexity index is 700. The number of halogens is 2. The van der Waals surface area contributed by atoms with E-state index in [2.05, 4.69) is 21.2 Å². The molecule has 1 aromatic carbocycles. The first-order chi connectivity index (χ1) is 8.86. The van der Waals surface area contributed by atoms with Crippen molar-refractivity contribution in [1.29, 1.82) is 0 Å². The highest BCUT2D eigenvalue weighted by atomic mass is 79.9. The molecule has 0 aliphatic heterocycles. The van der Waals surface area contributed by atoms with Gasteiger partial charge in [0.05, 0.1) is 10.6 Å². The van der Waals surface area contributed by atoms with Crippen LogP contribution in [0.25, 0.3) is 0 Å². The molecule has 3 N–H and O–H groups in total. The van der Waals surface area contributed by atoms with Crippen LogP contribution in [0.3, 0.4) is 0 Å². The van der Waals surface area contributed by atoms with Crippen molar-refractivity contribution in [2.45, 2.75) is 11.4 Å². The fourth-order valence-corrected chi connectivity index (χ4v) is 3.36. The molecule has 0 unspecified atom stereocenters. The van der Waals surface area contributed by atoms with Gasteiger partial charge >= 0.3 is 0 Å². The fourth-order valence-electron chi connectivity index (χ4n) is 1.45. The van der Waals surface area contributed by atoms with Gasteiger partial charge in [0.2, 0.25) is 10.0 Å². The summed E-state index contributed by atoms with van der Waals surface area (Å²) in [5.74, 6) is -0.651. The molecule has 0 radical (unpaired) electrons. The van der Waals surface area contributed by atoms with Crippen LogP contribution in [-0.2, 0) is 16.6 Å². The minimum absolute atomic E-state index is 0.233. The molecule has 0 bridgehead atoms. The number of rotatable bonds is 4. The van der Waals surface area contributed by atoms with Crippen LogP contribution in [0, 0.1) is 5.82 Å². The number of nitrogens with two attached hydrogens (primary N) is 1. The number of hydrogen-bond acceptors (Lipinski definition) is 4. The van der Waals surface area contributed by atoms with E-state index in [1.54, 1.807) is 0 Å². The SMILES string of the molecule is NS(=O)(=O)c1ccc(NCc2cc(Br)cs2)c(F)c1. The molecule has 0 atom stereocenters. The van der Waals surface area contributed by atoms with Gasteiger partial charge in [-0.05, 0) is 40.2 Å². The molecule has 0 saturated carbocycles. The predicted molar refractivity (Wildman–Crippen MR) is 77.1 cm³/mol. The normalized spacial score (nSPS) is 11.5. The number of anilines is 1. The van der Waals surface area contributed by atoms with Crippen molar-refractivity contribution in [3.63, 3.8) is 0 Å². The lowest BCUT2D eigenvalue weighted by atomic mass is 10.3. The van der Waals surface area contributed by atoms with Crippen molar-refractivity contribution >= 4 is 43.0 Å². The largest absolute Gasteiger partial charge is 0.378 e. The molecule has 4 nitrogen and oxygen atoms in total. The molecule has 19 heavy (non-hydrogen) atoms. The summed E-state index contributed by atoms with van der Waals surface area (Å²) >= 11 is 4.87.